The average molecular weight is 200 g/mol. The van der Waals surface area contributed by atoms with Crippen molar-refractivity contribution < 1.29 is 14.7 Å². The van der Waals surface area contributed by atoms with Gasteiger partial charge in [0.2, 0.25) is 5.91 Å². The molecule has 1 fully saturated rings. The lowest BCUT2D eigenvalue weighted by Gasteiger charge is -2.19. The van der Waals surface area contributed by atoms with Gasteiger partial charge in [0.1, 0.15) is 0 Å². The van der Waals surface area contributed by atoms with Gasteiger partial charge in [-0.15, -0.1) is 0 Å². The van der Waals surface area contributed by atoms with Gasteiger partial charge in [0, 0.05) is 19.6 Å². The van der Waals surface area contributed by atoms with Crippen molar-refractivity contribution in [2.24, 2.45) is 0 Å². The van der Waals surface area contributed by atoms with E-state index in [0.29, 0.717) is 19.6 Å². The first-order valence-corrected chi connectivity index (χ1v) is 4.77. The molecule has 0 atom stereocenters. The number of carbonyl (C=O) groups excluding carboxylic acids is 1. The smallest absolute Gasteiger partial charge is 0.305 e. The second-order valence-electron chi connectivity index (χ2n) is 3.62. The molecule has 0 aromatic rings. The Bertz CT molecular complexity index is 230. The Kier molecular flexibility index (Phi) is 3.88. The van der Waals surface area contributed by atoms with E-state index in [4.69, 9.17) is 5.11 Å². The third kappa shape index (κ3) is 3.33. The molecule has 1 N–H and O–H groups in total. The maximum absolute atomic E-state index is 11.5. The van der Waals surface area contributed by atoms with E-state index in [1.165, 1.54) is 0 Å². The number of nitrogens with zero attached hydrogens (tertiary/aromatic N) is 2. The summed E-state index contributed by atoms with van der Waals surface area (Å²) in [5, 5.41) is 8.50. The number of amides is 1. The lowest BCUT2D eigenvalue weighted by molar-refractivity contribution is -0.138. The summed E-state index contributed by atoms with van der Waals surface area (Å²) in [5.74, 6) is -0.818. The third-order valence-corrected chi connectivity index (χ3v) is 2.32. The Balaban J connectivity index is 2.42. The monoisotopic (exact) mass is 200 g/mol. The van der Waals surface area contributed by atoms with Crippen LogP contribution in [0.15, 0.2) is 0 Å². The SMILES string of the molecule is CN1CCCN(CCC(=O)O)C(=O)C1. The first kappa shape index (κ1) is 11.0. The predicted octanol–water partition coefficient (Wildman–Crippen LogP) is -0.375. The van der Waals surface area contributed by atoms with E-state index < -0.39 is 5.97 Å². The van der Waals surface area contributed by atoms with Gasteiger partial charge in [0.15, 0.2) is 0 Å². The molecule has 1 amide bonds. The summed E-state index contributed by atoms with van der Waals surface area (Å²) >= 11 is 0. The van der Waals surface area contributed by atoms with Crippen LogP contribution in [-0.4, -0.2) is 60.0 Å². The molecule has 1 saturated heterocycles. The zero-order chi connectivity index (χ0) is 10.6. The summed E-state index contributed by atoms with van der Waals surface area (Å²) in [6.07, 6.45) is 0.956. The van der Waals surface area contributed by atoms with Crippen molar-refractivity contribution >= 4 is 11.9 Å². The Morgan fingerprint density at radius 2 is 2.21 bits per heavy atom. The van der Waals surface area contributed by atoms with Crippen molar-refractivity contribution in [1.82, 2.24) is 9.80 Å². The van der Waals surface area contributed by atoms with Gasteiger partial charge in [-0.3, -0.25) is 14.5 Å². The quantitative estimate of drug-likeness (QED) is 0.675. The lowest BCUT2D eigenvalue weighted by atomic mass is 10.3. The highest BCUT2D eigenvalue weighted by atomic mass is 16.4. The molecule has 0 saturated carbocycles. The van der Waals surface area contributed by atoms with Crippen molar-refractivity contribution in [3.8, 4) is 0 Å². The molecule has 0 bridgehead atoms. The minimum Gasteiger partial charge on any atom is -0.481 e. The van der Waals surface area contributed by atoms with Gasteiger partial charge in [0.05, 0.1) is 13.0 Å². The van der Waals surface area contributed by atoms with Gasteiger partial charge < -0.3 is 10.0 Å². The Morgan fingerprint density at radius 1 is 1.50 bits per heavy atom. The second kappa shape index (κ2) is 4.95. The number of rotatable bonds is 3. The number of carboxylic acids is 1. The highest BCUT2D eigenvalue weighted by molar-refractivity contribution is 5.79. The Labute approximate surface area is 83.3 Å². The van der Waals surface area contributed by atoms with Crippen molar-refractivity contribution in [3.63, 3.8) is 0 Å². The number of aliphatic carboxylic acids is 1. The molecule has 1 rings (SSSR count). The van der Waals surface area contributed by atoms with Crippen LogP contribution < -0.4 is 0 Å². The van der Waals surface area contributed by atoms with Crippen LogP contribution in [0.2, 0.25) is 0 Å². The molecule has 0 spiro atoms. The summed E-state index contributed by atoms with van der Waals surface area (Å²) in [6.45, 7) is 2.31. The molecule has 0 aromatic heterocycles. The van der Waals surface area contributed by atoms with Crippen LogP contribution in [0, 0.1) is 0 Å². The lowest BCUT2D eigenvalue weighted by Crippen LogP contribution is -2.36. The van der Waals surface area contributed by atoms with E-state index in [1.54, 1.807) is 4.90 Å². The number of hydrogen-bond donors (Lipinski definition) is 1. The van der Waals surface area contributed by atoms with Gasteiger partial charge in [0.25, 0.3) is 0 Å². The zero-order valence-electron chi connectivity index (χ0n) is 8.40. The third-order valence-electron chi connectivity index (χ3n) is 2.32. The first-order valence-electron chi connectivity index (χ1n) is 4.77. The highest BCUT2D eigenvalue weighted by Gasteiger charge is 2.19. The summed E-state index contributed by atoms with van der Waals surface area (Å²) in [4.78, 5) is 25.5. The molecule has 5 heteroatoms. The summed E-state index contributed by atoms with van der Waals surface area (Å²) in [7, 11) is 1.90. The Morgan fingerprint density at radius 3 is 2.86 bits per heavy atom. The van der Waals surface area contributed by atoms with Gasteiger partial charge in [-0.2, -0.15) is 0 Å². The largest absolute Gasteiger partial charge is 0.481 e. The van der Waals surface area contributed by atoms with E-state index in [2.05, 4.69) is 0 Å². The normalized spacial score (nSPS) is 19.5. The maximum Gasteiger partial charge on any atom is 0.305 e. The number of carboxylic acid groups (broad SMARTS) is 1. The molecule has 14 heavy (non-hydrogen) atoms. The van der Waals surface area contributed by atoms with Crippen molar-refractivity contribution in [1.29, 1.82) is 0 Å². The van der Waals surface area contributed by atoms with Crippen molar-refractivity contribution in [2.45, 2.75) is 12.8 Å². The second-order valence-corrected chi connectivity index (χ2v) is 3.62. The molecule has 0 aromatic carbocycles. The first-order chi connectivity index (χ1) is 6.59. The minimum absolute atomic E-state index is 0.0336. The fourth-order valence-corrected chi connectivity index (χ4v) is 1.53. The number of carbonyl (C=O) groups is 2. The van der Waals surface area contributed by atoms with Crippen LogP contribution in [0.3, 0.4) is 0 Å². The van der Waals surface area contributed by atoms with E-state index in [0.717, 1.165) is 13.0 Å². The molecule has 80 valence electrons. The van der Waals surface area contributed by atoms with Crippen LogP contribution in [0.1, 0.15) is 12.8 Å². The molecular weight excluding hydrogens is 184 g/mol. The number of likely N-dealkylation sites (N-methyl/N-ethyl adjacent to an activating group) is 1. The van der Waals surface area contributed by atoms with E-state index in [1.807, 2.05) is 11.9 Å². The molecule has 1 aliphatic heterocycles. The van der Waals surface area contributed by atoms with Crippen molar-refractivity contribution in [2.75, 3.05) is 33.2 Å². The molecule has 0 unspecified atom stereocenters. The molecule has 1 aliphatic rings. The van der Waals surface area contributed by atoms with Gasteiger partial charge >= 0.3 is 5.97 Å². The van der Waals surface area contributed by atoms with E-state index in [9.17, 15) is 9.59 Å². The van der Waals surface area contributed by atoms with Gasteiger partial charge in [-0.1, -0.05) is 0 Å². The fourth-order valence-electron chi connectivity index (χ4n) is 1.53. The van der Waals surface area contributed by atoms with Crippen LogP contribution >= 0.6 is 0 Å². The summed E-state index contributed by atoms with van der Waals surface area (Å²) in [5.41, 5.74) is 0. The molecule has 0 radical (unpaired) electrons. The topological polar surface area (TPSA) is 60.9 Å². The standard InChI is InChI=1S/C9H16N2O3/c1-10-4-2-5-11(8(12)7-10)6-3-9(13)14/h2-7H2,1H3,(H,13,14). The molecule has 1 heterocycles. The summed E-state index contributed by atoms with van der Waals surface area (Å²) in [6, 6.07) is 0. The molecule has 0 aliphatic carbocycles. The number of hydrogen-bond acceptors (Lipinski definition) is 3. The van der Waals surface area contributed by atoms with Crippen LogP contribution in [0.25, 0.3) is 0 Å². The zero-order valence-corrected chi connectivity index (χ0v) is 8.40. The van der Waals surface area contributed by atoms with Gasteiger partial charge in [-0.25, -0.2) is 0 Å². The van der Waals surface area contributed by atoms with Crippen LogP contribution in [0.5, 0.6) is 0 Å². The molecule has 5 nitrogen and oxygen atoms in total. The molecular formula is C9H16N2O3. The van der Waals surface area contributed by atoms with Crippen LogP contribution in [-0.2, 0) is 9.59 Å². The average Bonchev–Trinajstić information content (AvgIpc) is 2.23. The summed E-state index contributed by atoms with van der Waals surface area (Å²) < 4.78 is 0. The van der Waals surface area contributed by atoms with Crippen LogP contribution in [0.4, 0.5) is 0 Å². The van der Waals surface area contributed by atoms with Crippen molar-refractivity contribution in [3.05, 3.63) is 0 Å². The maximum atomic E-state index is 11.5. The highest BCUT2D eigenvalue weighted by Crippen LogP contribution is 2.03. The fraction of sp³-hybridized carbons (Fsp3) is 0.778. The minimum atomic E-state index is -0.851. The van der Waals surface area contributed by atoms with Gasteiger partial charge in [-0.05, 0) is 13.5 Å². The Hall–Kier alpha value is -1.10. The van der Waals surface area contributed by atoms with E-state index in [-0.39, 0.29) is 12.3 Å². The predicted molar refractivity (Wildman–Crippen MR) is 50.9 cm³/mol. The van der Waals surface area contributed by atoms with E-state index >= 15 is 0 Å².